The van der Waals surface area contributed by atoms with Gasteiger partial charge in [0.15, 0.2) is 0 Å². The predicted molar refractivity (Wildman–Crippen MR) is 94.9 cm³/mol. The summed E-state index contributed by atoms with van der Waals surface area (Å²) >= 11 is 11.7. The first-order chi connectivity index (χ1) is 12.1. The molecule has 2 rings (SSSR count). The van der Waals surface area contributed by atoms with Gasteiger partial charge in [-0.2, -0.15) is 0 Å². The number of hydrogen-bond acceptors (Lipinski definition) is 5. The van der Waals surface area contributed by atoms with Gasteiger partial charge < -0.3 is 5.11 Å². The Labute approximate surface area is 158 Å². The maximum absolute atomic E-state index is 12.6. The van der Waals surface area contributed by atoms with Gasteiger partial charge in [-0.3, -0.25) is 14.9 Å². The summed E-state index contributed by atoms with van der Waals surface area (Å²) in [6.45, 7) is 0. The van der Waals surface area contributed by atoms with Crippen molar-refractivity contribution >= 4 is 44.9 Å². The van der Waals surface area contributed by atoms with Gasteiger partial charge in [-0.05, 0) is 23.8 Å². The molecule has 0 aromatic heterocycles. The van der Waals surface area contributed by atoms with Crippen molar-refractivity contribution in [3.63, 3.8) is 0 Å². The van der Waals surface area contributed by atoms with Crippen molar-refractivity contribution in [3.8, 4) is 0 Å². The highest BCUT2D eigenvalue weighted by Crippen LogP contribution is 2.30. The SMILES string of the molecule is O=C(O)C[C@@H](NS(=O)(=O)c1ccc(Cl)c([N+](=O)[O-])c1)c1ccccc1Cl. The lowest BCUT2D eigenvalue weighted by atomic mass is 10.1. The topological polar surface area (TPSA) is 127 Å². The van der Waals surface area contributed by atoms with Crippen LogP contribution in [0.15, 0.2) is 47.4 Å². The molecule has 0 fully saturated rings. The number of rotatable bonds is 7. The van der Waals surface area contributed by atoms with E-state index in [1.54, 1.807) is 12.1 Å². The number of carbonyl (C=O) groups is 1. The summed E-state index contributed by atoms with van der Waals surface area (Å²) in [6, 6.07) is 7.97. The first-order valence-corrected chi connectivity index (χ1v) is 9.28. The van der Waals surface area contributed by atoms with Crippen LogP contribution in [0.3, 0.4) is 0 Å². The Morgan fingerprint density at radius 2 is 1.85 bits per heavy atom. The second-order valence-corrected chi connectivity index (χ2v) is 7.69. The van der Waals surface area contributed by atoms with Crippen LogP contribution in [0, 0.1) is 10.1 Å². The molecule has 0 aliphatic heterocycles. The molecule has 0 heterocycles. The molecule has 2 aromatic rings. The molecular weight excluding hydrogens is 407 g/mol. The lowest BCUT2D eigenvalue weighted by molar-refractivity contribution is -0.384. The van der Waals surface area contributed by atoms with E-state index in [0.717, 1.165) is 18.2 Å². The minimum atomic E-state index is -4.28. The summed E-state index contributed by atoms with van der Waals surface area (Å²) < 4.78 is 27.4. The van der Waals surface area contributed by atoms with Gasteiger partial charge in [0.05, 0.1) is 22.3 Å². The molecule has 0 aliphatic carbocycles. The van der Waals surface area contributed by atoms with E-state index in [2.05, 4.69) is 4.72 Å². The van der Waals surface area contributed by atoms with Gasteiger partial charge in [0.1, 0.15) is 5.02 Å². The molecule has 8 nitrogen and oxygen atoms in total. The standard InChI is InChI=1S/C15H12Cl2N2O6S/c16-11-4-2-1-3-10(11)13(8-15(20)21)18-26(24,25)9-5-6-12(17)14(7-9)19(22)23/h1-7,13,18H,8H2,(H,20,21)/t13-/m1/s1. The minimum absolute atomic E-state index is 0.184. The number of nitrogens with one attached hydrogen (secondary N) is 1. The van der Waals surface area contributed by atoms with Crippen LogP contribution >= 0.6 is 23.2 Å². The molecule has 1 atom stereocenters. The highest BCUT2D eigenvalue weighted by atomic mass is 35.5. The molecule has 2 aromatic carbocycles. The summed E-state index contributed by atoms with van der Waals surface area (Å²) in [5, 5.41) is 20.0. The Morgan fingerprint density at radius 3 is 2.42 bits per heavy atom. The third kappa shape index (κ3) is 4.70. The molecule has 138 valence electrons. The largest absolute Gasteiger partial charge is 0.481 e. The number of carboxylic acid groups (broad SMARTS) is 1. The molecule has 0 bridgehead atoms. The smallest absolute Gasteiger partial charge is 0.305 e. The zero-order chi connectivity index (χ0) is 19.5. The zero-order valence-corrected chi connectivity index (χ0v) is 15.3. The number of carboxylic acids is 1. The highest BCUT2D eigenvalue weighted by Gasteiger charge is 2.27. The number of nitro groups is 1. The average molecular weight is 419 g/mol. The molecule has 0 aliphatic rings. The average Bonchev–Trinajstić information content (AvgIpc) is 2.54. The fraction of sp³-hybridized carbons (Fsp3) is 0.133. The number of hydrogen-bond donors (Lipinski definition) is 2. The van der Waals surface area contributed by atoms with Gasteiger partial charge in [0.2, 0.25) is 10.0 Å². The van der Waals surface area contributed by atoms with Crippen LogP contribution in [0.1, 0.15) is 18.0 Å². The maximum atomic E-state index is 12.6. The second-order valence-electron chi connectivity index (χ2n) is 5.16. The van der Waals surface area contributed by atoms with Crippen LogP contribution in [0.2, 0.25) is 10.0 Å². The maximum Gasteiger partial charge on any atom is 0.305 e. The number of sulfonamides is 1. The molecule has 0 radical (unpaired) electrons. The number of aliphatic carboxylic acids is 1. The number of halogens is 2. The third-order valence-corrected chi connectivity index (χ3v) is 5.51. The summed E-state index contributed by atoms with van der Waals surface area (Å²) in [5.41, 5.74) is -0.314. The summed E-state index contributed by atoms with van der Waals surface area (Å²) in [4.78, 5) is 20.8. The van der Waals surface area contributed by atoms with Crippen molar-refractivity contribution in [2.24, 2.45) is 0 Å². The van der Waals surface area contributed by atoms with Crippen molar-refractivity contribution in [1.82, 2.24) is 4.72 Å². The fourth-order valence-corrected chi connectivity index (χ4v) is 3.89. The summed E-state index contributed by atoms with van der Waals surface area (Å²) in [7, 11) is -4.28. The van der Waals surface area contributed by atoms with E-state index >= 15 is 0 Å². The van der Waals surface area contributed by atoms with Crippen molar-refractivity contribution < 1.29 is 23.2 Å². The lowest BCUT2D eigenvalue weighted by Gasteiger charge is -2.18. The summed E-state index contributed by atoms with van der Waals surface area (Å²) in [6.07, 6.45) is -0.571. The van der Waals surface area contributed by atoms with Gasteiger partial charge >= 0.3 is 5.97 Å². The van der Waals surface area contributed by atoms with E-state index in [0.29, 0.717) is 0 Å². The Morgan fingerprint density at radius 1 is 1.19 bits per heavy atom. The van der Waals surface area contributed by atoms with E-state index in [1.165, 1.54) is 12.1 Å². The van der Waals surface area contributed by atoms with Crippen molar-refractivity contribution in [1.29, 1.82) is 0 Å². The molecule has 0 amide bonds. The first-order valence-electron chi connectivity index (χ1n) is 7.04. The van der Waals surface area contributed by atoms with Gasteiger partial charge in [0.25, 0.3) is 5.69 Å². The molecule has 26 heavy (non-hydrogen) atoms. The Hall–Kier alpha value is -2.20. The van der Waals surface area contributed by atoms with Crippen molar-refractivity contribution in [3.05, 3.63) is 68.2 Å². The number of nitro benzene ring substituents is 1. The fourth-order valence-electron chi connectivity index (χ4n) is 2.20. The molecule has 0 saturated heterocycles. The van der Waals surface area contributed by atoms with Gasteiger partial charge in [0, 0.05) is 11.1 Å². The van der Waals surface area contributed by atoms with E-state index in [4.69, 9.17) is 28.3 Å². The lowest BCUT2D eigenvalue weighted by Crippen LogP contribution is -2.30. The van der Waals surface area contributed by atoms with E-state index in [-0.39, 0.29) is 15.6 Å². The molecule has 0 unspecified atom stereocenters. The monoisotopic (exact) mass is 418 g/mol. The zero-order valence-electron chi connectivity index (χ0n) is 12.9. The molecule has 11 heteroatoms. The molecule has 2 N–H and O–H groups in total. The van der Waals surface area contributed by atoms with Gasteiger partial charge in [-0.1, -0.05) is 41.4 Å². The van der Waals surface area contributed by atoms with Crippen molar-refractivity contribution in [2.75, 3.05) is 0 Å². The van der Waals surface area contributed by atoms with E-state index in [9.17, 15) is 23.3 Å². The van der Waals surface area contributed by atoms with E-state index < -0.39 is 44.0 Å². The predicted octanol–water partition coefficient (Wildman–Crippen LogP) is 3.40. The van der Waals surface area contributed by atoms with Gasteiger partial charge in [-0.15, -0.1) is 0 Å². The third-order valence-electron chi connectivity index (χ3n) is 3.38. The van der Waals surface area contributed by atoms with Crippen LogP contribution in [-0.4, -0.2) is 24.4 Å². The minimum Gasteiger partial charge on any atom is -0.481 e. The Bertz CT molecular complexity index is 964. The van der Waals surface area contributed by atoms with E-state index in [1.807, 2.05) is 0 Å². The molecular formula is C15H12Cl2N2O6S. The number of benzene rings is 2. The van der Waals surface area contributed by atoms with Crippen LogP contribution < -0.4 is 4.72 Å². The summed E-state index contributed by atoms with van der Waals surface area (Å²) in [5.74, 6) is -1.25. The highest BCUT2D eigenvalue weighted by molar-refractivity contribution is 7.89. The number of nitrogens with zero attached hydrogens (tertiary/aromatic N) is 1. The second kappa shape index (κ2) is 8.00. The Balaban J connectivity index is 2.44. The molecule has 0 saturated carbocycles. The first kappa shape index (κ1) is 20.1. The normalized spacial score (nSPS) is 12.5. The van der Waals surface area contributed by atoms with Crippen molar-refractivity contribution in [2.45, 2.75) is 17.4 Å². The Kier molecular flexibility index (Phi) is 6.19. The van der Waals surface area contributed by atoms with Gasteiger partial charge in [-0.25, -0.2) is 13.1 Å². The van der Waals surface area contributed by atoms with Crippen LogP contribution in [0.4, 0.5) is 5.69 Å². The molecule has 0 spiro atoms. The van der Waals surface area contributed by atoms with Crippen LogP contribution in [0.5, 0.6) is 0 Å². The van der Waals surface area contributed by atoms with Crippen LogP contribution in [-0.2, 0) is 14.8 Å². The quantitative estimate of drug-likeness (QED) is 0.523. The van der Waals surface area contributed by atoms with Crippen LogP contribution in [0.25, 0.3) is 0 Å².